The van der Waals surface area contributed by atoms with Crippen LogP contribution < -0.4 is 0 Å². The molecular formula is C21H23NO3. The number of rotatable bonds is 6. The molecule has 4 nitrogen and oxygen atoms in total. The van der Waals surface area contributed by atoms with Gasteiger partial charge in [0.05, 0.1) is 6.42 Å². The highest BCUT2D eigenvalue weighted by Crippen LogP contribution is 2.34. The van der Waals surface area contributed by atoms with E-state index in [-0.39, 0.29) is 24.3 Å². The average molecular weight is 337 g/mol. The zero-order valence-corrected chi connectivity index (χ0v) is 14.2. The number of amides is 1. The van der Waals surface area contributed by atoms with Crippen molar-refractivity contribution in [3.05, 3.63) is 71.8 Å². The first-order valence-corrected chi connectivity index (χ1v) is 8.77. The van der Waals surface area contributed by atoms with Crippen LogP contribution in [0.1, 0.15) is 41.6 Å². The summed E-state index contributed by atoms with van der Waals surface area (Å²) in [6.45, 7) is 0.509. The fourth-order valence-corrected chi connectivity index (χ4v) is 3.76. The Bertz CT molecular complexity index is 714. The first kappa shape index (κ1) is 17.2. The first-order chi connectivity index (χ1) is 12.1. The van der Waals surface area contributed by atoms with Crippen molar-refractivity contribution in [3.63, 3.8) is 0 Å². The van der Waals surface area contributed by atoms with Crippen molar-refractivity contribution in [2.45, 2.75) is 38.3 Å². The largest absolute Gasteiger partial charge is 0.481 e. The lowest BCUT2D eigenvalue weighted by Gasteiger charge is -2.33. The van der Waals surface area contributed by atoms with Crippen molar-refractivity contribution in [3.8, 4) is 0 Å². The van der Waals surface area contributed by atoms with E-state index >= 15 is 0 Å². The number of carbonyl (C=O) groups excluding carboxylic acids is 1. The second-order valence-corrected chi connectivity index (χ2v) is 6.64. The number of carboxylic acid groups (broad SMARTS) is 1. The highest BCUT2D eigenvalue weighted by atomic mass is 16.4. The minimum absolute atomic E-state index is 0.0215. The molecule has 0 saturated heterocycles. The number of aliphatic carboxylic acids is 1. The zero-order chi connectivity index (χ0) is 17.6. The van der Waals surface area contributed by atoms with Crippen LogP contribution in [0.3, 0.4) is 0 Å². The van der Waals surface area contributed by atoms with Crippen LogP contribution >= 0.6 is 0 Å². The third-order valence-corrected chi connectivity index (χ3v) is 4.93. The maximum absolute atomic E-state index is 13.1. The first-order valence-electron chi connectivity index (χ1n) is 8.77. The molecule has 0 bridgehead atoms. The molecule has 25 heavy (non-hydrogen) atoms. The second kappa shape index (κ2) is 7.97. The number of benzene rings is 2. The van der Waals surface area contributed by atoms with Gasteiger partial charge in [0.15, 0.2) is 0 Å². The van der Waals surface area contributed by atoms with E-state index in [2.05, 4.69) is 0 Å². The highest BCUT2D eigenvalue weighted by molar-refractivity contribution is 5.94. The van der Waals surface area contributed by atoms with Gasteiger partial charge >= 0.3 is 5.97 Å². The third kappa shape index (κ3) is 4.27. The summed E-state index contributed by atoms with van der Waals surface area (Å²) in [6, 6.07) is 19.1. The van der Waals surface area contributed by atoms with Crippen LogP contribution in [0.5, 0.6) is 0 Å². The van der Waals surface area contributed by atoms with Crippen LogP contribution in [0, 0.1) is 5.92 Å². The van der Waals surface area contributed by atoms with Gasteiger partial charge in [0.25, 0.3) is 5.91 Å². The number of hydrogen-bond acceptors (Lipinski definition) is 2. The van der Waals surface area contributed by atoms with Crippen molar-refractivity contribution in [2.75, 3.05) is 0 Å². The summed E-state index contributed by atoms with van der Waals surface area (Å²) in [5, 5.41) is 9.22. The summed E-state index contributed by atoms with van der Waals surface area (Å²) in [5.74, 6) is -0.788. The molecule has 0 aromatic heterocycles. The Kier molecular flexibility index (Phi) is 5.49. The van der Waals surface area contributed by atoms with Crippen LogP contribution in [0.2, 0.25) is 0 Å². The van der Waals surface area contributed by atoms with Gasteiger partial charge in [-0.25, -0.2) is 0 Å². The summed E-state index contributed by atoms with van der Waals surface area (Å²) >= 11 is 0. The molecule has 0 aliphatic heterocycles. The Hall–Kier alpha value is -2.62. The van der Waals surface area contributed by atoms with Gasteiger partial charge in [-0.05, 0) is 36.5 Å². The van der Waals surface area contributed by atoms with Crippen LogP contribution in [-0.2, 0) is 11.3 Å². The van der Waals surface area contributed by atoms with Crippen molar-refractivity contribution >= 4 is 11.9 Å². The van der Waals surface area contributed by atoms with E-state index in [4.69, 9.17) is 0 Å². The fraction of sp³-hybridized carbons (Fsp3) is 0.333. The predicted molar refractivity (Wildman–Crippen MR) is 96.1 cm³/mol. The molecule has 130 valence electrons. The summed E-state index contributed by atoms with van der Waals surface area (Å²) in [7, 11) is 0. The lowest BCUT2D eigenvalue weighted by Crippen LogP contribution is -2.42. The second-order valence-electron chi connectivity index (χ2n) is 6.64. The van der Waals surface area contributed by atoms with Crippen molar-refractivity contribution in [2.24, 2.45) is 5.92 Å². The molecular weight excluding hydrogens is 314 g/mol. The van der Waals surface area contributed by atoms with Crippen LogP contribution in [-0.4, -0.2) is 27.9 Å². The number of carboxylic acids is 1. The van der Waals surface area contributed by atoms with Gasteiger partial charge < -0.3 is 10.0 Å². The number of nitrogens with zero attached hydrogens (tertiary/aromatic N) is 1. The monoisotopic (exact) mass is 337 g/mol. The van der Waals surface area contributed by atoms with Gasteiger partial charge in [0.1, 0.15) is 0 Å². The van der Waals surface area contributed by atoms with E-state index < -0.39 is 5.97 Å². The summed E-state index contributed by atoms with van der Waals surface area (Å²) < 4.78 is 0. The zero-order valence-electron chi connectivity index (χ0n) is 14.2. The predicted octanol–water partition coefficient (Wildman–Crippen LogP) is 3.97. The lowest BCUT2D eigenvalue weighted by molar-refractivity contribution is -0.138. The van der Waals surface area contributed by atoms with Gasteiger partial charge in [-0.2, -0.15) is 0 Å². The fourth-order valence-electron chi connectivity index (χ4n) is 3.76. The van der Waals surface area contributed by atoms with Crippen LogP contribution in [0.15, 0.2) is 60.7 Å². The van der Waals surface area contributed by atoms with Gasteiger partial charge in [0, 0.05) is 18.2 Å². The standard InChI is InChI=1S/C21H23NO3/c23-20(24)14-18-12-7-13-19(18)22(15-16-8-3-1-4-9-16)21(25)17-10-5-2-6-11-17/h1-6,8-11,18-19H,7,12-15H2,(H,23,24)/t18-,19-/m0/s1. The summed E-state index contributed by atoms with van der Waals surface area (Å²) in [4.78, 5) is 26.2. The van der Waals surface area contributed by atoms with Gasteiger partial charge in [-0.3, -0.25) is 9.59 Å². The number of hydrogen-bond donors (Lipinski definition) is 1. The van der Waals surface area contributed by atoms with E-state index in [1.165, 1.54) is 0 Å². The van der Waals surface area contributed by atoms with E-state index in [0.717, 1.165) is 24.8 Å². The van der Waals surface area contributed by atoms with Crippen molar-refractivity contribution in [1.82, 2.24) is 4.90 Å². The lowest BCUT2D eigenvalue weighted by atomic mass is 9.96. The molecule has 2 aromatic rings. The van der Waals surface area contributed by atoms with Crippen LogP contribution in [0.25, 0.3) is 0 Å². The van der Waals surface area contributed by atoms with E-state index in [0.29, 0.717) is 12.1 Å². The van der Waals surface area contributed by atoms with Crippen molar-refractivity contribution in [1.29, 1.82) is 0 Å². The van der Waals surface area contributed by atoms with E-state index in [1.54, 1.807) is 0 Å². The number of carbonyl (C=O) groups is 2. The Labute approximate surface area is 148 Å². The van der Waals surface area contributed by atoms with Crippen LogP contribution in [0.4, 0.5) is 0 Å². The molecule has 0 heterocycles. The molecule has 0 spiro atoms. The smallest absolute Gasteiger partial charge is 0.303 e. The van der Waals surface area contributed by atoms with E-state index in [1.807, 2.05) is 65.6 Å². The van der Waals surface area contributed by atoms with E-state index in [9.17, 15) is 14.7 Å². The van der Waals surface area contributed by atoms with Gasteiger partial charge in [0.2, 0.25) is 0 Å². The Morgan fingerprint density at radius 3 is 2.24 bits per heavy atom. The maximum Gasteiger partial charge on any atom is 0.303 e. The molecule has 1 saturated carbocycles. The van der Waals surface area contributed by atoms with Gasteiger partial charge in [-0.1, -0.05) is 55.0 Å². The average Bonchev–Trinajstić information content (AvgIpc) is 3.08. The summed E-state index contributed by atoms with van der Waals surface area (Å²) in [5.41, 5.74) is 1.71. The molecule has 1 fully saturated rings. The maximum atomic E-state index is 13.1. The summed E-state index contributed by atoms with van der Waals surface area (Å²) in [6.07, 6.45) is 2.82. The Balaban J connectivity index is 1.88. The SMILES string of the molecule is O=C(O)C[C@@H]1CCC[C@@H]1N(Cc1ccccc1)C(=O)c1ccccc1. The molecule has 3 rings (SSSR count). The molecule has 1 N–H and O–H groups in total. The highest BCUT2D eigenvalue weighted by Gasteiger charge is 2.36. The molecule has 1 aliphatic rings. The molecule has 2 atom stereocenters. The molecule has 4 heteroatoms. The Morgan fingerprint density at radius 1 is 0.960 bits per heavy atom. The molecule has 1 amide bonds. The minimum atomic E-state index is -0.788. The molecule has 0 radical (unpaired) electrons. The molecule has 2 aromatic carbocycles. The van der Waals surface area contributed by atoms with Crippen molar-refractivity contribution < 1.29 is 14.7 Å². The molecule has 0 unspecified atom stereocenters. The minimum Gasteiger partial charge on any atom is -0.481 e. The van der Waals surface area contributed by atoms with Gasteiger partial charge in [-0.15, -0.1) is 0 Å². The quantitative estimate of drug-likeness (QED) is 0.867. The molecule has 1 aliphatic carbocycles. The third-order valence-electron chi connectivity index (χ3n) is 4.93. The topological polar surface area (TPSA) is 57.6 Å². The Morgan fingerprint density at radius 2 is 1.60 bits per heavy atom. The normalized spacial score (nSPS) is 19.5.